The van der Waals surface area contributed by atoms with Crippen molar-refractivity contribution >= 4 is 38.8 Å². The number of nitrogens with zero attached hydrogens (tertiary/aromatic N) is 1. The zero-order valence-corrected chi connectivity index (χ0v) is 16.8. The fraction of sp³-hybridized carbons (Fsp3) is 0.421. The molecule has 4 nitrogen and oxygen atoms in total. The van der Waals surface area contributed by atoms with Gasteiger partial charge in [0.25, 0.3) is 0 Å². The molecule has 3 heterocycles. The summed E-state index contributed by atoms with van der Waals surface area (Å²) >= 11 is 3.26. The molecular formula is C19H21NO3S3. The number of sulfone groups is 1. The lowest BCUT2D eigenvalue weighted by molar-refractivity contribution is -0.130. The number of thioether (sulfide) groups is 1. The summed E-state index contributed by atoms with van der Waals surface area (Å²) in [6.07, 6.45) is 1.56. The predicted octanol–water partition coefficient (Wildman–Crippen LogP) is 3.14. The van der Waals surface area contributed by atoms with Crippen molar-refractivity contribution in [3.05, 3.63) is 57.8 Å². The van der Waals surface area contributed by atoms with Gasteiger partial charge in [0.15, 0.2) is 9.84 Å². The Labute approximate surface area is 162 Å². The van der Waals surface area contributed by atoms with Gasteiger partial charge in [-0.3, -0.25) is 4.79 Å². The first-order valence-electron chi connectivity index (χ1n) is 8.76. The molecule has 0 N–H and O–H groups in total. The molecule has 1 amide bonds. The number of carbonyl (C=O) groups excluding carboxylic acids is 1. The van der Waals surface area contributed by atoms with Gasteiger partial charge in [-0.25, -0.2) is 8.42 Å². The molecule has 0 spiro atoms. The maximum Gasteiger partial charge on any atom is 0.233 e. The summed E-state index contributed by atoms with van der Waals surface area (Å²) in [5.74, 6) is 0.920. The minimum atomic E-state index is -2.90. The minimum Gasteiger partial charge on any atom is -0.330 e. The maximum absolute atomic E-state index is 13.0. The molecule has 7 heteroatoms. The van der Waals surface area contributed by atoms with E-state index in [1.165, 1.54) is 22.2 Å². The van der Waals surface area contributed by atoms with Crippen LogP contribution in [-0.2, 0) is 21.1 Å². The van der Waals surface area contributed by atoms with Crippen LogP contribution in [0.15, 0.2) is 41.8 Å². The second-order valence-electron chi connectivity index (χ2n) is 6.79. The van der Waals surface area contributed by atoms with Crippen LogP contribution < -0.4 is 0 Å². The Morgan fingerprint density at radius 1 is 1.23 bits per heavy atom. The first-order chi connectivity index (χ1) is 12.5. The smallest absolute Gasteiger partial charge is 0.233 e. The van der Waals surface area contributed by atoms with Crippen LogP contribution in [0.4, 0.5) is 0 Å². The molecule has 138 valence electrons. The van der Waals surface area contributed by atoms with Gasteiger partial charge in [-0.2, -0.15) is 0 Å². The van der Waals surface area contributed by atoms with Crippen molar-refractivity contribution < 1.29 is 13.2 Å². The van der Waals surface area contributed by atoms with Crippen molar-refractivity contribution in [2.75, 3.05) is 23.8 Å². The van der Waals surface area contributed by atoms with Crippen molar-refractivity contribution in [2.24, 2.45) is 0 Å². The molecule has 1 aromatic heterocycles. The van der Waals surface area contributed by atoms with Gasteiger partial charge in [-0.15, -0.1) is 23.1 Å². The molecule has 0 aliphatic carbocycles. The van der Waals surface area contributed by atoms with Crippen molar-refractivity contribution in [3.63, 3.8) is 0 Å². The second-order valence-corrected chi connectivity index (χ2v) is 11.3. The first kappa shape index (κ1) is 18.1. The Bertz CT molecular complexity index is 892. The van der Waals surface area contributed by atoms with Crippen LogP contribution in [0.3, 0.4) is 0 Å². The van der Waals surface area contributed by atoms with Crippen LogP contribution in [0.5, 0.6) is 0 Å². The zero-order chi connectivity index (χ0) is 18.1. The molecule has 1 saturated heterocycles. The highest BCUT2D eigenvalue weighted by molar-refractivity contribution is 8.02. The Morgan fingerprint density at radius 2 is 2.04 bits per heavy atom. The third-order valence-corrected chi connectivity index (χ3v) is 9.30. The molecule has 1 fully saturated rings. The molecular weight excluding hydrogens is 386 g/mol. The molecule has 26 heavy (non-hydrogen) atoms. The van der Waals surface area contributed by atoms with E-state index in [1.807, 2.05) is 23.1 Å². The monoisotopic (exact) mass is 407 g/mol. The normalized spacial score (nSPS) is 24.4. The van der Waals surface area contributed by atoms with E-state index < -0.39 is 9.84 Å². The zero-order valence-electron chi connectivity index (χ0n) is 14.3. The molecule has 2 aliphatic heterocycles. The van der Waals surface area contributed by atoms with Crippen LogP contribution in [0.2, 0.25) is 0 Å². The van der Waals surface area contributed by atoms with Gasteiger partial charge in [0, 0.05) is 16.7 Å². The lowest BCUT2D eigenvalue weighted by Gasteiger charge is -2.36. The van der Waals surface area contributed by atoms with Gasteiger partial charge >= 0.3 is 0 Å². The lowest BCUT2D eigenvalue weighted by atomic mass is 9.93. The van der Waals surface area contributed by atoms with E-state index in [0.29, 0.717) is 12.2 Å². The highest BCUT2D eigenvalue weighted by Crippen LogP contribution is 2.38. The van der Waals surface area contributed by atoms with Crippen molar-refractivity contribution in [2.45, 2.75) is 24.1 Å². The van der Waals surface area contributed by atoms with Crippen molar-refractivity contribution in [1.29, 1.82) is 0 Å². The fourth-order valence-corrected chi connectivity index (χ4v) is 8.18. The molecule has 2 unspecified atom stereocenters. The quantitative estimate of drug-likeness (QED) is 0.781. The largest absolute Gasteiger partial charge is 0.330 e. The Balaban J connectivity index is 1.52. The summed E-state index contributed by atoms with van der Waals surface area (Å²) in [6, 6.07) is 12.3. The van der Waals surface area contributed by atoms with E-state index >= 15 is 0 Å². The number of rotatable bonds is 4. The minimum absolute atomic E-state index is 0.0355. The van der Waals surface area contributed by atoms with Crippen molar-refractivity contribution in [1.82, 2.24) is 4.90 Å². The molecule has 0 bridgehead atoms. The number of benzene rings is 1. The number of hydrogen-bond acceptors (Lipinski definition) is 5. The Kier molecular flexibility index (Phi) is 5.12. The molecule has 0 radical (unpaired) electrons. The summed E-state index contributed by atoms with van der Waals surface area (Å²) < 4.78 is 23.2. The van der Waals surface area contributed by atoms with E-state index in [0.717, 1.165) is 18.5 Å². The maximum atomic E-state index is 13.0. The van der Waals surface area contributed by atoms with Crippen LogP contribution >= 0.6 is 23.1 Å². The highest BCUT2D eigenvalue weighted by Gasteiger charge is 2.34. The Morgan fingerprint density at radius 3 is 2.77 bits per heavy atom. The predicted molar refractivity (Wildman–Crippen MR) is 108 cm³/mol. The number of carbonyl (C=O) groups is 1. The van der Waals surface area contributed by atoms with Crippen LogP contribution in [0.25, 0.3) is 0 Å². The van der Waals surface area contributed by atoms with E-state index in [9.17, 15) is 13.2 Å². The topological polar surface area (TPSA) is 54.5 Å². The van der Waals surface area contributed by atoms with Gasteiger partial charge in [0.05, 0.1) is 23.3 Å². The summed E-state index contributed by atoms with van der Waals surface area (Å²) in [4.78, 5) is 16.3. The summed E-state index contributed by atoms with van der Waals surface area (Å²) in [7, 11) is -2.90. The van der Waals surface area contributed by atoms with E-state index in [-0.39, 0.29) is 28.7 Å². The fourth-order valence-electron chi connectivity index (χ4n) is 3.74. The average Bonchev–Trinajstić information content (AvgIpc) is 3.25. The number of amides is 1. The highest BCUT2D eigenvalue weighted by atomic mass is 32.2. The number of fused-ring (bicyclic) bond motifs is 1. The van der Waals surface area contributed by atoms with Crippen LogP contribution in [-0.4, -0.2) is 48.3 Å². The van der Waals surface area contributed by atoms with Gasteiger partial charge in [0.1, 0.15) is 0 Å². The standard InChI is InChI=1S/C19H21NO3S3/c21-18(12-25-15-8-11-26(22,23)13-15)20-9-6-17-16(7-10-24-17)19(20)14-4-2-1-3-5-14/h1-5,7,10,15,19H,6,8-9,11-13H2. The Hall–Kier alpha value is -1.31. The average molecular weight is 408 g/mol. The molecule has 2 aromatic rings. The molecule has 0 saturated carbocycles. The van der Waals surface area contributed by atoms with E-state index in [4.69, 9.17) is 0 Å². The summed E-state index contributed by atoms with van der Waals surface area (Å²) in [5, 5.41) is 2.16. The third kappa shape index (κ3) is 3.70. The van der Waals surface area contributed by atoms with Crippen LogP contribution in [0.1, 0.15) is 28.5 Å². The molecule has 2 atom stereocenters. The van der Waals surface area contributed by atoms with Gasteiger partial charge in [-0.1, -0.05) is 30.3 Å². The van der Waals surface area contributed by atoms with E-state index in [1.54, 1.807) is 11.3 Å². The van der Waals surface area contributed by atoms with Crippen LogP contribution in [0, 0.1) is 0 Å². The molecule has 4 rings (SSSR count). The number of thiophene rings is 1. The summed E-state index contributed by atoms with van der Waals surface area (Å²) in [5.41, 5.74) is 2.36. The van der Waals surface area contributed by atoms with Gasteiger partial charge in [-0.05, 0) is 35.4 Å². The van der Waals surface area contributed by atoms with Gasteiger partial charge in [0.2, 0.25) is 5.91 Å². The van der Waals surface area contributed by atoms with Crippen molar-refractivity contribution in [3.8, 4) is 0 Å². The summed E-state index contributed by atoms with van der Waals surface area (Å²) in [6.45, 7) is 0.718. The first-order valence-corrected chi connectivity index (χ1v) is 12.5. The number of hydrogen-bond donors (Lipinski definition) is 0. The lowest BCUT2D eigenvalue weighted by Crippen LogP contribution is -2.41. The third-order valence-electron chi connectivity index (χ3n) is 5.03. The molecule has 1 aromatic carbocycles. The SMILES string of the molecule is O=C(CSC1CCS(=O)(=O)C1)N1CCc2sccc2C1c1ccccc1. The van der Waals surface area contributed by atoms with E-state index in [2.05, 4.69) is 23.6 Å². The second kappa shape index (κ2) is 7.37. The molecule has 2 aliphatic rings. The van der Waals surface area contributed by atoms with Gasteiger partial charge < -0.3 is 4.90 Å².